The van der Waals surface area contributed by atoms with Crippen LogP contribution in [0.25, 0.3) is 0 Å². The first-order valence-corrected chi connectivity index (χ1v) is 9.25. The van der Waals surface area contributed by atoms with Gasteiger partial charge in [0.1, 0.15) is 5.75 Å². The third-order valence-corrected chi connectivity index (χ3v) is 4.72. The number of pyridine rings is 1. The monoisotopic (exact) mass is 369 g/mol. The summed E-state index contributed by atoms with van der Waals surface area (Å²) in [6.07, 6.45) is 3.94. The number of aromatic nitrogens is 1. The van der Waals surface area contributed by atoms with E-state index in [1.54, 1.807) is 19.5 Å². The lowest BCUT2D eigenvalue weighted by Gasteiger charge is -2.19. The van der Waals surface area contributed by atoms with Crippen LogP contribution in [0.1, 0.15) is 23.6 Å². The zero-order chi connectivity index (χ0) is 18.9. The topological polar surface area (TPSA) is 87.3 Å². The van der Waals surface area contributed by atoms with E-state index in [4.69, 9.17) is 4.74 Å². The normalized spacial score (nSPS) is 19.0. The van der Waals surface area contributed by atoms with E-state index in [1.165, 1.54) is 5.56 Å². The Morgan fingerprint density at radius 2 is 2.15 bits per heavy atom. The standard InChI is InChI=1S/C20H27N5O2/c1-27-18-6-4-16(5-7-18)20-17(14-24-25-20)13-22-10-8-19(26)23-12-15-3-2-9-21-11-15/h2-7,9,11,17,20,22,24-25H,8,10,12-14H2,1H3,(H,23,26). The van der Waals surface area contributed by atoms with E-state index in [9.17, 15) is 4.79 Å². The summed E-state index contributed by atoms with van der Waals surface area (Å²) >= 11 is 0. The van der Waals surface area contributed by atoms with E-state index in [-0.39, 0.29) is 11.9 Å². The Balaban J connectivity index is 1.37. The molecule has 0 spiro atoms. The number of benzene rings is 1. The lowest BCUT2D eigenvalue weighted by molar-refractivity contribution is -0.121. The second-order valence-electron chi connectivity index (χ2n) is 6.63. The molecule has 1 aromatic heterocycles. The van der Waals surface area contributed by atoms with Crippen LogP contribution in [0.2, 0.25) is 0 Å². The number of hydrazine groups is 1. The van der Waals surface area contributed by atoms with Crippen LogP contribution in [-0.4, -0.2) is 37.6 Å². The summed E-state index contributed by atoms with van der Waals surface area (Å²) in [6, 6.07) is 12.2. The van der Waals surface area contributed by atoms with Crippen molar-refractivity contribution in [1.29, 1.82) is 0 Å². The fraction of sp³-hybridized carbons (Fsp3) is 0.400. The molecule has 0 radical (unpaired) electrons. The Morgan fingerprint density at radius 1 is 1.30 bits per heavy atom. The Morgan fingerprint density at radius 3 is 2.89 bits per heavy atom. The second kappa shape index (κ2) is 10.0. The number of amides is 1. The Labute approximate surface area is 159 Å². The molecule has 1 aromatic carbocycles. The molecule has 7 nitrogen and oxygen atoms in total. The average molecular weight is 369 g/mol. The highest BCUT2D eigenvalue weighted by Gasteiger charge is 2.27. The van der Waals surface area contributed by atoms with Gasteiger partial charge in [-0.2, -0.15) is 0 Å². The number of hydrogen-bond acceptors (Lipinski definition) is 6. The summed E-state index contributed by atoms with van der Waals surface area (Å²) in [6.45, 7) is 2.90. The molecule has 1 fully saturated rings. The molecular weight excluding hydrogens is 342 g/mol. The van der Waals surface area contributed by atoms with Crippen LogP contribution in [-0.2, 0) is 11.3 Å². The van der Waals surface area contributed by atoms with Crippen molar-refractivity contribution in [3.8, 4) is 5.75 Å². The van der Waals surface area contributed by atoms with Crippen LogP contribution in [0.3, 0.4) is 0 Å². The molecule has 2 atom stereocenters. The molecule has 4 N–H and O–H groups in total. The molecule has 1 amide bonds. The lowest BCUT2D eigenvalue weighted by Crippen LogP contribution is -2.32. The molecule has 0 aliphatic carbocycles. The maximum absolute atomic E-state index is 12.0. The van der Waals surface area contributed by atoms with Gasteiger partial charge in [0.05, 0.1) is 13.2 Å². The number of ether oxygens (including phenoxy) is 1. The van der Waals surface area contributed by atoms with Crippen LogP contribution in [0.15, 0.2) is 48.8 Å². The molecule has 144 valence electrons. The maximum atomic E-state index is 12.0. The van der Waals surface area contributed by atoms with Crippen molar-refractivity contribution in [1.82, 2.24) is 26.5 Å². The highest BCUT2D eigenvalue weighted by atomic mass is 16.5. The minimum atomic E-state index is 0.0423. The van der Waals surface area contributed by atoms with Crippen molar-refractivity contribution in [3.05, 3.63) is 59.9 Å². The summed E-state index contributed by atoms with van der Waals surface area (Å²) in [5.74, 6) is 1.31. The van der Waals surface area contributed by atoms with Gasteiger partial charge in [0.15, 0.2) is 0 Å². The van der Waals surface area contributed by atoms with Gasteiger partial charge < -0.3 is 15.4 Å². The largest absolute Gasteiger partial charge is 0.497 e. The Hall–Kier alpha value is -2.48. The minimum Gasteiger partial charge on any atom is -0.497 e. The van der Waals surface area contributed by atoms with Gasteiger partial charge in [-0.15, -0.1) is 0 Å². The van der Waals surface area contributed by atoms with Crippen molar-refractivity contribution in [2.75, 3.05) is 26.7 Å². The fourth-order valence-electron chi connectivity index (χ4n) is 3.17. The van der Waals surface area contributed by atoms with Crippen LogP contribution in [0.4, 0.5) is 0 Å². The van der Waals surface area contributed by atoms with E-state index < -0.39 is 0 Å². The first kappa shape index (κ1) is 19.3. The highest BCUT2D eigenvalue weighted by Crippen LogP contribution is 2.25. The van der Waals surface area contributed by atoms with Gasteiger partial charge in [-0.05, 0) is 29.3 Å². The van der Waals surface area contributed by atoms with Gasteiger partial charge >= 0.3 is 0 Å². The predicted octanol–water partition coefficient (Wildman–Crippen LogP) is 1.15. The number of carbonyl (C=O) groups excluding carboxylic acids is 1. The van der Waals surface area contributed by atoms with Crippen molar-refractivity contribution >= 4 is 5.91 Å². The van der Waals surface area contributed by atoms with Crippen LogP contribution in [0.5, 0.6) is 5.75 Å². The zero-order valence-electron chi connectivity index (χ0n) is 15.6. The first-order chi connectivity index (χ1) is 13.3. The van der Waals surface area contributed by atoms with Crippen LogP contribution < -0.4 is 26.2 Å². The summed E-state index contributed by atoms with van der Waals surface area (Å²) < 4.78 is 5.22. The zero-order valence-corrected chi connectivity index (χ0v) is 15.6. The van der Waals surface area contributed by atoms with Gasteiger partial charge in [-0.3, -0.25) is 15.2 Å². The van der Waals surface area contributed by atoms with Crippen LogP contribution in [0, 0.1) is 5.92 Å². The summed E-state index contributed by atoms with van der Waals surface area (Å²) in [4.78, 5) is 16.0. The van der Waals surface area contributed by atoms with Crippen molar-refractivity contribution in [3.63, 3.8) is 0 Å². The number of methoxy groups -OCH3 is 1. The SMILES string of the molecule is COc1ccc(C2NNCC2CNCCC(=O)NCc2cccnc2)cc1. The Kier molecular flexibility index (Phi) is 7.15. The van der Waals surface area contributed by atoms with Gasteiger partial charge in [0, 0.05) is 50.9 Å². The number of nitrogens with one attached hydrogen (secondary N) is 4. The first-order valence-electron chi connectivity index (χ1n) is 9.25. The predicted molar refractivity (Wildman–Crippen MR) is 104 cm³/mol. The fourth-order valence-corrected chi connectivity index (χ4v) is 3.17. The average Bonchev–Trinajstić information content (AvgIpc) is 3.19. The van der Waals surface area contributed by atoms with Gasteiger partial charge in [0.25, 0.3) is 0 Å². The molecule has 2 heterocycles. The molecule has 1 aliphatic rings. The summed E-state index contributed by atoms with van der Waals surface area (Å²) in [7, 11) is 1.67. The molecule has 2 aromatic rings. The number of rotatable bonds is 9. The summed E-state index contributed by atoms with van der Waals surface area (Å²) in [5.41, 5.74) is 8.79. The molecule has 7 heteroatoms. The third-order valence-electron chi connectivity index (χ3n) is 4.72. The van der Waals surface area contributed by atoms with E-state index in [1.807, 2.05) is 24.3 Å². The van der Waals surface area contributed by atoms with Gasteiger partial charge in [-0.1, -0.05) is 18.2 Å². The van der Waals surface area contributed by atoms with Gasteiger partial charge in [0.2, 0.25) is 5.91 Å². The molecule has 2 unspecified atom stereocenters. The van der Waals surface area contributed by atoms with Gasteiger partial charge in [-0.25, -0.2) is 5.43 Å². The van der Waals surface area contributed by atoms with Crippen molar-refractivity contribution in [2.24, 2.45) is 5.92 Å². The number of nitrogens with zero attached hydrogens (tertiary/aromatic N) is 1. The number of carbonyl (C=O) groups is 1. The molecule has 0 saturated carbocycles. The molecule has 1 saturated heterocycles. The minimum absolute atomic E-state index is 0.0423. The Bertz CT molecular complexity index is 708. The van der Waals surface area contributed by atoms with Crippen LogP contribution >= 0.6 is 0 Å². The van der Waals surface area contributed by atoms with E-state index in [2.05, 4.69) is 38.6 Å². The van der Waals surface area contributed by atoms with Crippen molar-refractivity contribution < 1.29 is 9.53 Å². The van der Waals surface area contributed by atoms with E-state index in [0.717, 1.165) is 24.4 Å². The third kappa shape index (κ3) is 5.75. The van der Waals surface area contributed by atoms with E-state index >= 15 is 0 Å². The molecule has 0 bridgehead atoms. The number of hydrogen-bond donors (Lipinski definition) is 4. The quantitative estimate of drug-likeness (QED) is 0.496. The molecule has 1 aliphatic heterocycles. The molecule has 27 heavy (non-hydrogen) atoms. The highest BCUT2D eigenvalue weighted by molar-refractivity contribution is 5.76. The summed E-state index contributed by atoms with van der Waals surface area (Å²) in [5, 5.41) is 6.32. The van der Waals surface area contributed by atoms with E-state index in [0.29, 0.717) is 25.4 Å². The van der Waals surface area contributed by atoms with Crippen molar-refractivity contribution in [2.45, 2.75) is 19.0 Å². The molecule has 3 rings (SSSR count). The maximum Gasteiger partial charge on any atom is 0.221 e. The smallest absolute Gasteiger partial charge is 0.221 e. The molecular formula is C20H27N5O2. The second-order valence-corrected chi connectivity index (χ2v) is 6.63. The lowest BCUT2D eigenvalue weighted by atomic mass is 9.95.